The molecule has 3 aliphatic heterocycles. The molecule has 0 aliphatic carbocycles. The molecule has 0 radical (unpaired) electrons. The summed E-state index contributed by atoms with van der Waals surface area (Å²) < 4.78 is 31.5. The first kappa shape index (κ1) is 37.9. The van der Waals surface area contributed by atoms with Gasteiger partial charge in [-0.3, -0.25) is 4.79 Å². The average Bonchev–Trinajstić information content (AvgIpc) is 3.20. The highest BCUT2D eigenvalue weighted by molar-refractivity contribution is 5.74. The van der Waals surface area contributed by atoms with Gasteiger partial charge in [-0.05, 0) is 73.4 Å². The fourth-order valence-corrected chi connectivity index (χ4v) is 7.87. The van der Waals surface area contributed by atoms with Crippen molar-refractivity contribution in [1.82, 2.24) is 10.2 Å². The Balaban J connectivity index is 2.12. The van der Waals surface area contributed by atoms with E-state index in [2.05, 4.69) is 5.32 Å². The van der Waals surface area contributed by atoms with E-state index in [-0.39, 0.29) is 36.5 Å². The first-order valence-corrected chi connectivity index (χ1v) is 16.9. The monoisotopic (exact) mass is 643 g/mol. The number of amides is 1. The van der Waals surface area contributed by atoms with Gasteiger partial charge in [0, 0.05) is 30.5 Å². The summed E-state index contributed by atoms with van der Waals surface area (Å²) in [5.41, 5.74) is 4.27. The number of hydrogen-bond donors (Lipinski definition) is 4. The molecule has 0 aromatic heterocycles. The zero-order valence-electron chi connectivity index (χ0n) is 29.3. The Kier molecular flexibility index (Phi) is 12.7. The molecule has 15 atom stereocenters. The number of aliphatic hydroxyl groups excluding tert-OH is 1. The van der Waals surface area contributed by atoms with Gasteiger partial charge in [0.15, 0.2) is 6.29 Å². The van der Waals surface area contributed by atoms with Crippen molar-refractivity contribution in [2.75, 3.05) is 20.6 Å². The van der Waals surface area contributed by atoms with E-state index in [1.54, 1.807) is 20.8 Å². The third-order valence-electron chi connectivity index (χ3n) is 10.5. The lowest BCUT2D eigenvalue weighted by Gasteiger charge is -2.47. The summed E-state index contributed by atoms with van der Waals surface area (Å²) in [7, 11) is 3.78. The van der Waals surface area contributed by atoms with Crippen molar-refractivity contribution in [2.45, 2.75) is 154 Å². The van der Waals surface area contributed by atoms with Gasteiger partial charge in [-0.15, -0.1) is 0 Å². The third-order valence-corrected chi connectivity index (χ3v) is 10.5. The van der Waals surface area contributed by atoms with Crippen LogP contribution in [0.5, 0.6) is 0 Å². The Morgan fingerprint density at radius 1 is 1.13 bits per heavy atom. The van der Waals surface area contributed by atoms with Crippen LogP contribution in [-0.4, -0.2) is 114 Å². The van der Waals surface area contributed by atoms with Crippen LogP contribution in [0.2, 0.25) is 0 Å². The Bertz CT molecular complexity index is 998. The molecule has 5 N–H and O–H groups in total. The van der Waals surface area contributed by atoms with Crippen molar-refractivity contribution in [3.63, 3.8) is 0 Å². The minimum Gasteiger partial charge on any atom is -0.459 e. The van der Waals surface area contributed by atoms with Gasteiger partial charge in [-0.1, -0.05) is 34.6 Å². The second-order valence-corrected chi connectivity index (χ2v) is 14.6. The van der Waals surface area contributed by atoms with E-state index in [0.29, 0.717) is 25.8 Å². The highest BCUT2D eigenvalue weighted by Crippen LogP contribution is 2.45. The van der Waals surface area contributed by atoms with E-state index in [1.165, 1.54) is 0 Å². The molecule has 2 bridgehead atoms. The number of nitrogens with two attached hydrogens (primary N) is 1. The zero-order valence-corrected chi connectivity index (χ0v) is 29.3. The molecule has 3 heterocycles. The molecule has 3 aliphatic rings. The molecule has 0 spiro atoms. The van der Waals surface area contributed by atoms with E-state index in [0.717, 1.165) is 0 Å². The summed E-state index contributed by atoms with van der Waals surface area (Å²) in [6.07, 6.45) is -4.06. The van der Waals surface area contributed by atoms with E-state index in [9.17, 15) is 19.8 Å². The lowest BCUT2D eigenvalue weighted by atomic mass is 9.75. The molecule has 0 aromatic carbocycles. The standard InChI is InChI=1S/C33H61N3O9/c1-12-14-35-31(39)43-26-20(6)28(44-30-24(37)22(36(10)11)15-18(4)41-30)32(8,40)16-17(3)25-19(5)27(34)33(9,45-25)23(13-2)42-29(38)21(26)7/h17-28,30,37,40H,12-16,34H2,1-11H3,(H,35,39)/t17-,18-,19+,20+,21-,22+,23-,24-,25+,26+,27+,28-,30?,32-,33?/m1/s1. The van der Waals surface area contributed by atoms with Crippen molar-refractivity contribution < 1.29 is 43.5 Å². The molecule has 45 heavy (non-hydrogen) atoms. The SMILES string of the molecule is CCCNC(=O)O[C@H]1[C@H](C)[C@@H](OC2O[C@H](C)C[C@H](N(C)C)[C@H]2O)[C@](C)(O)C[C@@H](C)[C@@H]2OC(C)([C@@H](CC)OC(=O)[C@@H]1C)[C@@H](N)[C@H]2C. The molecule has 12 nitrogen and oxygen atoms in total. The Morgan fingerprint density at radius 2 is 1.78 bits per heavy atom. The van der Waals surface area contributed by atoms with Gasteiger partial charge in [-0.25, -0.2) is 4.79 Å². The van der Waals surface area contributed by atoms with Gasteiger partial charge in [0.2, 0.25) is 0 Å². The Labute approximate surface area is 270 Å². The van der Waals surface area contributed by atoms with Crippen LogP contribution in [0.1, 0.15) is 88.0 Å². The summed E-state index contributed by atoms with van der Waals surface area (Å²) in [4.78, 5) is 28.8. The summed E-state index contributed by atoms with van der Waals surface area (Å²) in [6, 6.07) is -0.676. The Hall–Kier alpha value is -1.54. The van der Waals surface area contributed by atoms with Crippen molar-refractivity contribution in [1.29, 1.82) is 0 Å². The quantitative estimate of drug-likeness (QED) is 0.302. The van der Waals surface area contributed by atoms with Crippen LogP contribution in [-0.2, 0) is 28.5 Å². The van der Waals surface area contributed by atoms with Crippen molar-refractivity contribution in [3.05, 3.63) is 0 Å². The van der Waals surface area contributed by atoms with Gasteiger partial charge >= 0.3 is 12.1 Å². The van der Waals surface area contributed by atoms with Crippen LogP contribution >= 0.6 is 0 Å². The molecule has 1 amide bonds. The van der Waals surface area contributed by atoms with Gasteiger partial charge < -0.3 is 49.8 Å². The molecular formula is C33H61N3O9. The number of alkyl carbamates (subject to hydrolysis) is 1. The summed E-state index contributed by atoms with van der Waals surface area (Å²) in [5, 5.41) is 26.4. The van der Waals surface area contributed by atoms with Gasteiger partial charge in [0.25, 0.3) is 0 Å². The minimum atomic E-state index is -1.54. The molecule has 3 rings (SSSR count). The maximum Gasteiger partial charge on any atom is 0.407 e. The Morgan fingerprint density at radius 3 is 2.36 bits per heavy atom. The summed E-state index contributed by atoms with van der Waals surface area (Å²) in [5.74, 6) is -2.53. The van der Waals surface area contributed by atoms with Gasteiger partial charge in [0.1, 0.15) is 23.9 Å². The second kappa shape index (κ2) is 15.1. The van der Waals surface area contributed by atoms with Crippen molar-refractivity contribution in [3.8, 4) is 0 Å². The zero-order chi connectivity index (χ0) is 34.0. The number of esters is 1. The van der Waals surface area contributed by atoms with Gasteiger partial charge in [0.05, 0.1) is 29.8 Å². The number of ether oxygens (including phenoxy) is 5. The molecule has 0 aromatic rings. The number of fused-ring (bicyclic) bond motifs is 2. The smallest absolute Gasteiger partial charge is 0.407 e. The van der Waals surface area contributed by atoms with Crippen LogP contribution in [0.4, 0.5) is 4.79 Å². The number of carbonyl (C=O) groups excluding carboxylic acids is 2. The molecule has 3 saturated heterocycles. The molecule has 0 saturated carbocycles. The van der Waals surface area contributed by atoms with Crippen LogP contribution in [0.25, 0.3) is 0 Å². The van der Waals surface area contributed by atoms with Gasteiger partial charge in [-0.2, -0.15) is 0 Å². The maximum atomic E-state index is 13.9. The number of cyclic esters (lactones) is 1. The highest BCUT2D eigenvalue weighted by Gasteiger charge is 2.57. The van der Waals surface area contributed by atoms with Crippen LogP contribution in [0.15, 0.2) is 0 Å². The average molecular weight is 644 g/mol. The number of likely N-dealkylation sites (N-methyl/N-ethyl adjacent to an activating group) is 1. The van der Waals surface area contributed by atoms with Crippen molar-refractivity contribution in [2.24, 2.45) is 29.4 Å². The first-order chi connectivity index (χ1) is 20.9. The fourth-order valence-electron chi connectivity index (χ4n) is 7.87. The number of rotatable bonds is 7. The van der Waals surface area contributed by atoms with Crippen LogP contribution < -0.4 is 11.1 Å². The second-order valence-electron chi connectivity index (χ2n) is 14.6. The highest BCUT2D eigenvalue weighted by atomic mass is 16.7. The molecule has 262 valence electrons. The maximum absolute atomic E-state index is 13.9. The normalized spacial score (nSPS) is 46.5. The van der Waals surface area contributed by atoms with Crippen LogP contribution in [0, 0.1) is 23.7 Å². The minimum absolute atomic E-state index is 0.0887. The largest absolute Gasteiger partial charge is 0.459 e. The molecule has 3 fully saturated rings. The fraction of sp³-hybridized carbons (Fsp3) is 0.939. The predicted molar refractivity (Wildman–Crippen MR) is 169 cm³/mol. The number of nitrogens with one attached hydrogen (secondary N) is 1. The predicted octanol–water partition coefficient (Wildman–Crippen LogP) is 2.81. The number of aliphatic hydroxyl groups is 2. The van der Waals surface area contributed by atoms with E-state index in [4.69, 9.17) is 29.4 Å². The lowest BCUT2D eigenvalue weighted by Crippen LogP contribution is -2.59. The summed E-state index contributed by atoms with van der Waals surface area (Å²) >= 11 is 0. The van der Waals surface area contributed by atoms with E-state index >= 15 is 0 Å². The molecule has 12 heteroatoms. The number of nitrogens with zero attached hydrogens (tertiary/aromatic N) is 1. The van der Waals surface area contributed by atoms with E-state index in [1.807, 2.05) is 60.5 Å². The number of hydrogen-bond acceptors (Lipinski definition) is 11. The topological polar surface area (TPSA) is 162 Å². The third kappa shape index (κ3) is 8.13. The van der Waals surface area contributed by atoms with E-state index < -0.39 is 71.8 Å². The van der Waals surface area contributed by atoms with Crippen LogP contribution in [0.3, 0.4) is 0 Å². The summed E-state index contributed by atoms with van der Waals surface area (Å²) in [6.45, 7) is 17.2. The van der Waals surface area contributed by atoms with Crippen molar-refractivity contribution >= 4 is 12.1 Å². The molecular weight excluding hydrogens is 582 g/mol. The number of carbonyl (C=O) groups is 2. The molecule has 2 unspecified atom stereocenters. The lowest BCUT2D eigenvalue weighted by molar-refractivity contribution is -0.299. The first-order valence-electron chi connectivity index (χ1n) is 16.9.